The molecule has 1 fully saturated rings. The number of methoxy groups -OCH3 is 1. The van der Waals surface area contributed by atoms with Crippen molar-refractivity contribution in [2.24, 2.45) is 0 Å². The predicted molar refractivity (Wildman–Crippen MR) is 88.4 cm³/mol. The Labute approximate surface area is 140 Å². The lowest BCUT2D eigenvalue weighted by Gasteiger charge is -2.35. The maximum Gasteiger partial charge on any atom is 0.227 e. The highest BCUT2D eigenvalue weighted by Gasteiger charge is 2.21. The van der Waals surface area contributed by atoms with E-state index in [9.17, 15) is 9.18 Å². The molecule has 0 aliphatic carbocycles. The quantitative estimate of drug-likeness (QED) is 0.854. The summed E-state index contributed by atoms with van der Waals surface area (Å²) in [5.41, 5.74) is 1.82. The maximum absolute atomic E-state index is 13.7. The molecule has 1 aliphatic rings. The number of anilines is 1. The molecule has 0 unspecified atom stereocenters. The van der Waals surface area contributed by atoms with E-state index in [0.717, 1.165) is 18.8 Å². The van der Waals surface area contributed by atoms with Crippen LogP contribution in [0.3, 0.4) is 0 Å². The zero-order valence-electron chi connectivity index (χ0n) is 13.7. The molecule has 5 nitrogen and oxygen atoms in total. The summed E-state index contributed by atoms with van der Waals surface area (Å²) >= 11 is 0. The number of carbonyl (C=O) groups is 1. The molecule has 0 atom stereocenters. The molecule has 2 aromatic rings. The van der Waals surface area contributed by atoms with Crippen LogP contribution in [-0.2, 0) is 11.2 Å². The van der Waals surface area contributed by atoms with E-state index in [-0.39, 0.29) is 18.1 Å². The van der Waals surface area contributed by atoms with E-state index in [4.69, 9.17) is 4.74 Å². The number of nitrogens with one attached hydrogen (secondary N) is 1. The molecule has 0 saturated carbocycles. The zero-order valence-corrected chi connectivity index (χ0v) is 13.7. The first-order valence-electron chi connectivity index (χ1n) is 7.98. The third-order valence-electron chi connectivity index (χ3n) is 4.27. The van der Waals surface area contributed by atoms with Crippen LogP contribution >= 0.6 is 0 Å². The van der Waals surface area contributed by atoms with Crippen LogP contribution in [0.4, 0.5) is 10.1 Å². The lowest BCUT2D eigenvalue weighted by Crippen LogP contribution is -2.49. The highest BCUT2D eigenvalue weighted by molar-refractivity contribution is 5.79. The fraction of sp³-hybridized carbons (Fsp3) is 0.333. The van der Waals surface area contributed by atoms with Crippen molar-refractivity contribution < 1.29 is 18.9 Å². The third-order valence-corrected chi connectivity index (χ3v) is 4.27. The number of hydrogen-bond donors (Lipinski definition) is 0. The molecule has 0 radical (unpaired) electrons. The first-order chi connectivity index (χ1) is 11.7. The van der Waals surface area contributed by atoms with Gasteiger partial charge in [0.1, 0.15) is 0 Å². The second-order valence-electron chi connectivity index (χ2n) is 5.77. The molecule has 126 valence electrons. The van der Waals surface area contributed by atoms with E-state index >= 15 is 0 Å². The molecule has 24 heavy (non-hydrogen) atoms. The van der Waals surface area contributed by atoms with Crippen molar-refractivity contribution in [2.75, 3.05) is 38.2 Å². The van der Waals surface area contributed by atoms with Crippen molar-refractivity contribution in [1.82, 2.24) is 4.90 Å². The lowest BCUT2D eigenvalue weighted by atomic mass is 10.1. The van der Waals surface area contributed by atoms with Gasteiger partial charge in [0.05, 0.1) is 13.5 Å². The molecular weight excluding hydrogens is 309 g/mol. The van der Waals surface area contributed by atoms with E-state index in [1.165, 1.54) is 13.2 Å². The minimum Gasteiger partial charge on any atom is -0.494 e. The summed E-state index contributed by atoms with van der Waals surface area (Å²) in [6, 6.07) is 8.71. The van der Waals surface area contributed by atoms with E-state index in [1.54, 1.807) is 12.1 Å². The van der Waals surface area contributed by atoms with Crippen LogP contribution in [0.25, 0.3) is 0 Å². The van der Waals surface area contributed by atoms with Crippen molar-refractivity contribution in [3.63, 3.8) is 0 Å². The highest BCUT2D eigenvalue weighted by Crippen LogP contribution is 2.19. The Bertz CT molecular complexity index is 701. The number of H-pyrrole nitrogens is 1. The van der Waals surface area contributed by atoms with Gasteiger partial charge >= 0.3 is 0 Å². The summed E-state index contributed by atoms with van der Waals surface area (Å²) in [5, 5.41) is 0. The van der Waals surface area contributed by atoms with Gasteiger partial charge in [-0.05, 0) is 17.7 Å². The number of halogens is 1. The van der Waals surface area contributed by atoms with Crippen LogP contribution in [-0.4, -0.2) is 44.1 Å². The number of nitrogens with zero attached hydrogens (tertiary/aromatic N) is 2. The summed E-state index contributed by atoms with van der Waals surface area (Å²) in [6.07, 6.45) is 4.00. The van der Waals surface area contributed by atoms with Crippen molar-refractivity contribution >= 4 is 11.6 Å². The number of aromatic amines is 1. The van der Waals surface area contributed by atoms with Gasteiger partial charge in [-0.1, -0.05) is 6.07 Å². The highest BCUT2D eigenvalue weighted by atomic mass is 19.1. The number of piperazine rings is 1. The van der Waals surface area contributed by atoms with Crippen molar-refractivity contribution in [2.45, 2.75) is 6.42 Å². The topological polar surface area (TPSA) is 46.9 Å². The maximum atomic E-state index is 13.7. The molecule has 1 aromatic heterocycles. The largest absolute Gasteiger partial charge is 0.494 e. The summed E-state index contributed by atoms with van der Waals surface area (Å²) in [6.45, 7) is 2.95. The van der Waals surface area contributed by atoms with Crippen LogP contribution in [0.2, 0.25) is 0 Å². The van der Waals surface area contributed by atoms with Gasteiger partial charge in [-0.15, -0.1) is 0 Å². The normalized spacial score (nSPS) is 14.6. The number of pyridine rings is 1. The Hall–Kier alpha value is -2.63. The number of benzene rings is 1. The van der Waals surface area contributed by atoms with Gasteiger partial charge in [-0.2, -0.15) is 0 Å². The average Bonchev–Trinajstić information content (AvgIpc) is 2.63. The Morgan fingerprint density at radius 2 is 1.88 bits per heavy atom. The van der Waals surface area contributed by atoms with Crippen LogP contribution in [0.1, 0.15) is 5.56 Å². The summed E-state index contributed by atoms with van der Waals surface area (Å²) in [5.74, 6) is -0.214. The Kier molecular flexibility index (Phi) is 4.93. The molecule has 6 heteroatoms. The fourth-order valence-corrected chi connectivity index (χ4v) is 2.91. The van der Waals surface area contributed by atoms with Gasteiger partial charge in [-0.3, -0.25) is 4.79 Å². The molecule has 0 spiro atoms. The second-order valence-corrected chi connectivity index (χ2v) is 5.77. The fourth-order valence-electron chi connectivity index (χ4n) is 2.91. The Balaban J connectivity index is 1.56. The van der Waals surface area contributed by atoms with Gasteiger partial charge < -0.3 is 14.5 Å². The van der Waals surface area contributed by atoms with Gasteiger partial charge in [0, 0.05) is 44.0 Å². The lowest BCUT2D eigenvalue weighted by molar-refractivity contribution is -0.377. The second kappa shape index (κ2) is 7.29. The summed E-state index contributed by atoms with van der Waals surface area (Å²) < 4.78 is 18.6. The molecular formula is C18H21FN3O2+. The Morgan fingerprint density at radius 1 is 1.17 bits per heavy atom. The number of rotatable bonds is 4. The first kappa shape index (κ1) is 16.2. The van der Waals surface area contributed by atoms with Crippen LogP contribution in [0.5, 0.6) is 5.75 Å². The van der Waals surface area contributed by atoms with Gasteiger partial charge in [0.2, 0.25) is 5.91 Å². The summed E-state index contributed by atoms with van der Waals surface area (Å²) in [4.78, 5) is 19.5. The molecule has 1 saturated heterocycles. The minimum atomic E-state index is -0.437. The van der Waals surface area contributed by atoms with Crippen molar-refractivity contribution in [3.8, 4) is 5.75 Å². The first-order valence-corrected chi connectivity index (χ1v) is 7.98. The molecule has 1 aromatic carbocycles. The summed E-state index contributed by atoms with van der Waals surface area (Å²) in [7, 11) is 1.42. The van der Waals surface area contributed by atoms with E-state index in [0.29, 0.717) is 18.7 Å². The number of carbonyl (C=O) groups excluding carboxylic acids is 1. The van der Waals surface area contributed by atoms with Crippen LogP contribution < -0.4 is 14.6 Å². The van der Waals surface area contributed by atoms with E-state index in [1.807, 2.05) is 29.4 Å². The van der Waals surface area contributed by atoms with Crippen molar-refractivity contribution in [1.29, 1.82) is 0 Å². The monoisotopic (exact) mass is 330 g/mol. The number of aromatic nitrogens is 1. The van der Waals surface area contributed by atoms with E-state index < -0.39 is 5.82 Å². The van der Waals surface area contributed by atoms with Gasteiger partial charge in [-0.25, -0.2) is 9.37 Å². The SMILES string of the molecule is COc1ccc(CC(=O)N2CCN(c3cc[nH+]cc3)CC2)cc1F. The molecule has 1 N–H and O–H groups in total. The molecule has 3 rings (SSSR count). The zero-order chi connectivity index (χ0) is 16.9. The van der Waals surface area contributed by atoms with E-state index in [2.05, 4.69) is 9.88 Å². The smallest absolute Gasteiger partial charge is 0.227 e. The van der Waals surface area contributed by atoms with Crippen LogP contribution in [0, 0.1) is 5.82 Å². The average molecular weight is 330 g/mol. The number of amides is 1. The minimum absolute atomic E-state index is 0.0283. The molecule has 1 amide bonds. The third kappa shape index (κ3) is 3.64. The van der Waals surface area contributed by atoms with Crippen LogP contribution in [0.15, 0.2) is 42.7 Å². The van der Waals surface area contributed by atoms with Gasteiger partial charge in [0.15, 0.2) is 24.0 Å². The van der Waals surface area contributed by atoms with Crippen molar-refractivity contribution in [3.05, 3.63) is 54.1 Å². The standard InChI is InChI=1S/C18H20FN3O2/c1-24-17-3-2-14(12-16(17)19)13-18(23)22-10-8-21(9-11-22)15-4-6-20-7-5-15/h2-7,12H,8-11,13H2,1H3/p+1. The van der Waals surface area contributed by atoms with Gasteiger partial charge in [0.25, 0.3) is 0 Å². The molecule has 2 heterocycles. The predicted octanol–water partition coefficient (Wildman–Crippen LogP) is 1.54. The molecule has 0 bridgehead atoms. The Morgan fingerprint density at radius 3 is 2.50 bits per heavy atom. The molecule has 1 aliphatic heterocycles. The number of ether oxygens (including phenoxy) is 1. The number of hydrogen-bond acceptors (Lipinski definition) is 3.